The molecule has 0 unspecified atom stereocenters. The number of thioether (sulfide) groups is 3. The molecule has 0 saturated carbocycles. The van der Waals surface area contributed by atoms with Gasteiger partial charge in [0.2, 0.25) is 0 Å². The largest absolute Gasteiger partial charge is 0.120 e. The standard InChI is InChI=1S/C30H39PS3/c1-28(2,3)32-25-19-13-10-16-22(25)31(23-17-11-14-20-26(23)33-29(4,5)6)24-18-12-15-21-27(24)34-30(7,8)9/h10-21H,1-9H3. The number of rotatable bonds is 6. The average molecular weight is 527 g/mol. The van der Waals surface area contributed by atoms with Crippen LogP contribution in [0.2, 0.25) is 0 Å². The molecule has 0 N–H and O–H groups in total. The molecule has 0 fully saturated rings. The molecule has 182 valence electrons. The minimum absolute atomic E-state index is 0.149. The van der Waals surface area contributed by atoms with E-state index in [1.54, 1.807) is 0 Å². The molecule has 0 amide bonds. The molecule has 3 rings (SSSR count). The van der Waals surface area contributed by atoms with E-state index in [1.807, 2.05) is 35.3 Å². The molecule has 4 heteroatoms. The van der Waals surface area contributed by atoms with E-state index in [2.05, 4.69) is 135 Å². The maximum Gasteiger partial charge on any atom is 0.0161 e. The van der Waals surface area contributed by atoms with Crippen LogP contribution in [0.1, 0.15) is 62.3 Å². The summed E-state index contributed by atoms with van der Waals surface area (Å²) < 4.78 is 0.448. The van der Waals surface area contributed by atoms with Crippen LogP contribution in [-0.2, 0) is 0 Å². The normalized spacial score (nSPS) is 12.9. The first-order valence-electron chi connectivity index (χ1n) is 11.9. The van der Waals surface area contributed by atoms with E-state index in [1.165, 1.54) is 30.6 Å². The molecular weight excluding hydrogens is 488 g/mol. The molecule has 3 aromatic carbocycles. The van der Waals surface area contributed by atoms with Gasteiger partial charge in [-0.05, 0) is 42.0 Å². The lowest BCUT2D eigenvalue weighted by Gasteiger charge is -2.30. The first-order valence-corrected chi connectivity index (χ1v) is 15.7. The van der Waals surface area contributed by atoms with Crippen LogP contribution >= 0.6 is 43.2 Å². The van der Waals surface area contributed by atoms with E-state index < -0.39 is 7.92 Å². The third kappa shape index (κ3) is 8.09. The van der Waals surface area contributed by atoms with Crippen LogP contribution in [0.15, 0.2) is 87.5 Å². The topological polar surface area (TPSA) is 0 Å². The molecule has 3 aromatic rings. The summed E-state index contributed by atoms with van der Waals surface area (Å²) in [5.41, 5.74) is 0. The Morgan fingerprint density at radius 1 is 0.412 bits per heavy atom. The van der Waals surface area contributed by atoms with Gasteiger partial charge in [-0.15, -0.1) is 35.3 Å². The Morgan fingerprint density at radius 2 is 0.647 bits per heavy atom. The van der Waals surface area contributed by atoms with Gasteiger partial charge in [-0.2, -0.15) is 0 Å². The zero-order chi connectivity index (χ0) is 25.1. The lowest BCUT2D eigenvalue weighted by Crippen LogP contribution is -2.26. The minimum Gasteiger partial charge on any atom is -0.120 e. The van der Waals surface area contributed by atoms with Crippen molar-refractivity contribution in [2.75, 3.05) is 0 Å². The van der Waals surface area contributed by atoms with Crippen molar-refractivity contribution in [2.24, 2.45) is 0 Å². The molecule has 0 aliphatic rings. The van der Waals surface area contributed by atoms with Gasteiger partial charge in [-0.25, -0.2) is 0 Å². The second kappa shape index (κ2) is 11.0. The van der Waals surface area contributed by atoms with Crippen molar-refractivity contribution < 1.29 is 0 Å². The SMILES string of the molecule is CC(C)(C)Sc1ccccc1P(c1ccccc1SC(C)(C)C)c1ccccc1SC(C)(C)C. The summed E-state index contributed by atoms with van der Waals surface area (Å²) in [5.74, 6) is 0. The number of hydrogen-bond acceptors (Lipinski definition) is 3. The second-order valence-corrected chi connectivity index (χ2v) is 19.1. The number of hydrogen-bond donors (Lipinski definition) is 0. The maximum atomic E-state index is 2.37. The Balaban J connectivity index is 2.30. The highest BCUT2D eigenvalue weighted by atomic mass is 32.2. The second-order valence-electron chi connectivity index (χ2n) is 11.4. The summed E-state index contributed by atoms with van der Waals surface area (Å²) in [4.78, 5) is 4.19. The number of benzene rings is 3. The summed E-state index contributed by atoms with van der Waals surface area (Å²) in [7, 11) is -0.730. The van der Waals surface area contributed by atoms with E-state index in [0.717, 1.165) is 0 Å². The average Bonchev–Trinajstić information content (AvgIpc) is 2.68. The van der Waals surface area contributed by atoms with E-state index in [-0.39, 0.29) is 14.2 Å². The van der Waals surface area contributed by atoms with Gasteiger partial charge in [0, 0.05) is 28.9 Å². The molecule has 0 nitrogen and oxygen atoms in total. The molecule has 0 atom stereocenters. The van der Waals surface area contributed by atoms with Crippen LogP contribution in [-0.4, -0.2) is 14.2 Å². The van der Waals surface area contributed by atoms with Gasteiger partial charge >= 0.3 is 0 Å². The molecule has 0 aliphatic heterocycles. The Bertz CT molecular complexity index is 959. The summed E-state index contributed by atoms with van der Waals surface area (Å²) in [6.07, 6.45) is 0. The van der Waals surface area contributed by atoms with Crippen LogP contribution in [0.4, 0.5) is 0 Å². The van der Waals surface area contributed by atoms with Crippen molar-refractivity contribution in [2.45, 2.75) is 91.2 Å². The monoisotopic (exact) mass is 526 g/mol. The molecule has 0 heterocycles. The zero-order valence-electron chi connectivity index (χ0n) is 22.1. The molecule has 0 spiro atoms. The fourth-order valence-corrected chi connectivity index (χ4v) is 10.1. The van der Waals surface area contributed by atoms with Gasteiger partial charge in [-0.1, -0.05) is 117 Å². The fraction of sp³-hybridized carbons (Fsp3) is 0.400. The highest BCUT2D eigenvalue weighted by Crippen LogP contribution is 2.46. The van der Waals surface area contributed by atoms with Crippen molar-refractivity contribution in [3.8, 4) is 0 Å². The predicted molar refractivity (Wildman–Crippen MR) is 162 cm³/mol. The Hall–Kier alpha value is -0.860. The third-order valence-electron chi connectivity index (χ3n) is 4.57. The van der Waals surface area contributed by atoms with Gasteiger partial charge in [0.05, 0.1) is 0 Å². The summed E-state index contributed by atoms with van der Waals surface area (Å²) in [5, 5.41) is 4.38. The van der Waals surface area contributed by atoms with Crippen molar-refractivity contribution in [1.82, 2.24) is 0 Å². The van der Waals surface area contributed by atoms with Crippen molar-refractivity contribution in [3.05, 3.63) is 72.8 Å². The summed E-state index contributed by atoms with van der Waals surface area (Å²) in [6, 6.07) is 27.3. The van der Waals surface area contributed by atoms with E-state index in [0.29, 0.717) is 0 Å². The lowest BCUT2D eigenvalue weighted by atomic mass is 10.3. The molecular formula is C30H39PS3. The Morgan fingerprint density at radius 3 is 0.882 bits per heavy atom. The van der Waals surface area contributed by atoms with Gasteiger partial charge in [0.1, 0.15) is 0 Å². The van der Waals surface area contributed by atoms with E-state index >= 15 is 0 Å². The molecule has 0 radical (unpaired) electrons. The van der Waals surface area contributed by atoms with E-state index in [9.17, 15) is 0 Å². The highest BCUT2D eigenvalue weighted by Gasteiger charge is 2.28. The first-order chi connectivity index (χ1) is 15.7. The Kier molecular flexibility index (Phi) is 9.00. The van der Waals surface area contributed by atoms with Crippen LogP contribution in [0.25, 0.3) is 0 Å². The van der Waals surface area contributed by atoms with Gasteiger partial charge in [-0.3, -0.25) is 0 Å². The van der Waals surface area contributed by atoms with Crippen LogP contribution < -0.4 is 15.9 Å². The van der Waals surface area contributed by atoms with Crippen LogP contribution in [0, 0.1) is 0 Å². The minimum atomic E-state index is -0.730. The van der Waals surface area contributed by atoms with E-state index in [4.69, 9.17) is 0 Å². The molecule has 0 aromatic heterocycles. The van der Waals surface area contributed by atoms with Crippen molar-refractivity contribution in [1.29, 1.82) is 0 Å². The zero-order valence-corrected chi connectivity index (χ0v) is 25.4. The maximum absolute atomic E-state index is 2.37. The summed E-state index contributed by atoms with van der Waals surface area (Å²) >= 11 is 5.96. The molecule has 0 aliphatic carbocycles. The fourth-order valence-electron chi connectivity index (χ4n) is 3.56. The van der Waals surface area contributed by atoms with Gasteiger partial charge < -0.3 is 0 Å². The quantitative estimate of drug-likeness (QED) is 0.232. The predicted octanol–water partition coefficient (Wildman–Crippen LogP) is 9.12. The molecule has 34 heavy (non-hydrogen) atoms. The van der Waals surface area contributed by atoms with Crippen LogP contribution in [0.3, 0.4) is 0 Å². The third-order valence-corrected chi connectivity index (χ3v) is 11.2. The summed E-state index contributed by atoms with van der Waals surface area (Å²) in [6.45, 7) is 20.8. The van der Waals surface area contributed by atoms with Gasteiger partial charge in [0.15, 0.2) is 0 Å². The van der Waals surface area contributed by atoms with Gasteiger partial charge in [0.25, 0.3) is 0 Å². The smallest absolute Gasteiger partial charge is 0.0161 e. The highest BCUT2D eigenvalue weighted by molar-refractivity contribution is 8.03. The van der Waals surface area contributed by atoms with Crippen molar-refractivity contribution >= 4 is 59.1 Å². The molecule has 0 bridgehead atoms. The molecule has 0 saturated heterocycles. The van der Waals surface area contributed by atoms with Crippen LogP contribution in [0.5, 0.6) is 0 Å². The Labute approximate surface area is 222 Å². The lowest BCUT2D eigenvalue weighted by molar-refractivity contribution is 0.803. The first kappa shape index (κ1) is 27.7. The van der Waals surface area contributed by atoms with Crippen molar-refractivity contribution in [3.63, 3.8) is 0 Å².